The van der Waals surface area contributed by atoms with E-state index < -0.39 is 52.2 Å². The Labute approximate surface area is 193 Å². The van der Waals surface area contributed by atoms with Crippen LogP contribution in [0.15, 0.2) is 23.8 Å². The van der Waals surface area contributed by atoms with Crippen molar-refractivity contribution < 1.29 is 33.4 Å². The van der Waals surface area contributed by atoms with Gasteiger partial charge in [-0.05, 0) is 68.4 Å². The molecule has 4 rings (SSSR count). The van der Waals surface area contributed by atoms with Crippen molar-refractivity contribution in [2.24, 2.45) is 34.5 Å². The number of aliphatic carboxylic acids is 1. The Morgan fingerprint density at radius 1 is 1.24 bits per heavy atom. The summed E-state index contributed by atoms with van der Waals surface area (Å²) in [6.07, 6.45) is 5.72. The predicted molar refractivity (Wildman–Crippen MR) is 118 cm³/mol. The summed E-state index contributed by atoms with van der Waals surface area (Å²) in [5.74, 6) is -4.71. The minimum Gasteiger partial charge on any atom is -0.475 e. The minimum absolute atomic E-state index is 0.0821. The molecule has 2 unspecified atom stereocenters. The van der Waals surface area contributed by atoms with Crippen LogP contribution in [0.25, 0.3) is 0 Å². The van der Waals surface area contributed by atoms with Gasteiger partial charge in [0.25, 0.3) is 0 Å². The van der Waals surface area contributed by atoms with Gasteiger partial charge in [0.05, 0.1) is 0 Å². The second-order valence-corrected chi connectivity index (χ2v) is 10.9. The van der Waals surface area contributed by atoms with E-state index >= 15 is 4.39 Å². The average molecular weight is 461 g/mol. The number of ketones is 2. The summed E-state index contributed by atoms with van der Waals surface area (Å²) in [5.41, 5.74) is -3.15. The number of allylic oxidation sites excluding steroid dienone is 4. The molecule has 6 nitrogen and oxygen atoms in total. The summed E-state index contributed by atoms with van der Waals surface area (Å²) in [6, 6.07) is 0. The highest BCUT2D eigenvalue weighted by Gasteiger charge is 2.73. The number of carboxylic acid groups (broad SMARTS) is 1. The molecule has 1 N–H and O–H groups in total. The van der Waals surface area contributed by atoms with Crippen molar-refractivity contribution in [2.75, 3.05) is 0 Å². The van der Waals surface area contributed by atoms with Gasteiger partial charge in [-0.1, -0.05) is 32.4 Å². The molecule has 4 aliphatic carbocycles. The Morgan fingerprint density at radius 2 is 1.94 bits per heavy atom. The molecule has 0 aromatic rings. The third-order valence-corrected chi connectivity index (χ3v) is 9.18. The highest BCUT2D eigenvalue weighted by atomic mass is 19.1. The van der Waals surface area contributed by atoms with E-state index in [1.807, 2.05) is 20.8 Å². The Morgan fingerprint density at radius 3 is 2.58 bits per heavy atom. The number of Topliss-reactive ketones (excluding diaryl/α,β-unsaturated/α-hetero) is 1. The van der Waals surface area contributed by atoms with Crippen LogP contribution in [-0.2, 0) is 23.9 Å². The van der Waals surface area contributed by atoms with Gasteiger partial charge in [0.2, 0.25) is 5.78 Å². The van der Waals surface area contributed by atoms with Crippen LogP contribution < -0.4 is 0 Å². The minimum atomic E-state index is -1.96. The van der Waals surface area contributed by atoms with Gasteiger partial charge in [-0.25, -0.2) is 9.18 Å². The van der Waals surface area contributed by atoms with Crippen molar-refractivity contribution in [3.05, 3.63) is 23.8 Å². The molecular formula is C26H33FO6. The summed E-state index contributed by atoms with van der Waals surface area (Å²) in [4.78, 5) is 49.1. The molecular weight excluding hydrogens is 427 g/mol. The SMILES string of the molecule is CCCC(=O)OC1C[C@]2(C)[C@@H](C(=O)C(=O)O)C(C)C[C@H]2[C@@H]2CCC3=CC(=O)C=C[C@]3(C)[C@@]12F. The summed E-state index contributed by atoms with van der Waals surface area (Å²) >= 11 is 0. The zero-order chi connectivity index (χ0) is 24.3. The van der Waals surface area contributed by atoms with E-state index in [2.05, 4.69) is 0 Å². The van der Waals surface area contributed by atoms with Gasteiger partial charge in [-0.2, -0.15) is 0 Å². The summed E-state index contributed by atoms with van der Waals surface area (Å²) in [6.45, 7) is 7.35. The Bertz CT molecular complexity index is 968. The molecule has 0 heterocycles. The Hall–Kier alpha value is -2.31. The number of fused-ring (bicyclic) bond motifs is 5. The van der Waals surface area contributed by atoms with Crippen molar-refractivity contribution in [1.82, 2.24) is 0 Å². The van der Waals surface area contributed by atoms with Crippen molar-refractivity contribution in [3.63, 3.8) is 0 Å². The van der Waals surface area contributed by atoms with E-state index in [1.54, 1.807) is 13.0 Å². The number of carboxylic acids is 1. The normalized spacial score (nSPS) is 43.7. The lowest BCUT2D eigenvalue weighted by atomic mass is 9.45. The first-order chi connectivity index (χ1) is 15.4. The van der Waals surface area contributed by atoms with Crippen LogP contribution in [0, 0.1) is 34.5 Å². The van der Waals surface area contributed by atoms with Crippen molar-refractivity contribution in [2.45, 2.75) is 78.0 Å². The number of alkyl halides is 1. The molecule has 0 bridgehead atoms. The molecule has 0 aromatic heterocycles. The summed E-state index contributed by atoms with van der Waals surface area (Å²) < 4.78 is 23.5. The molecule has 0 amide bonds. The monoisotopic (exact) mass is 460 g/mol. The number of halogens is 1. The van der Waals surface area contributed by atoms with Crippen LogP contribution in [0.4, 0.5) is 4.39 Å². The number of hydrogen-bond donors (Lipinski definition) is 1. The van der Waals surface area contributed by atoms with E-state index in [0.29, 0.717) is 31.3 Å². The number of hydrogen-bond acceptors (Lipinski definition) is 5. The van der Waals surface area contributed by atoms with Gasteiger partial charge in [0.15, 0.2) is 11.5 Å². The largest absolute Gasteiger partial charge is 0.475 e. The second-order valence-electron chi connectivity index (χ2n) is 10.9. The summed E-state index contributed by atoms with van der Waals surface area (Å²) in [7, 11) is 0. The number of esters is 1. The molecule has 4 aliphatic rings. The first kappa shape index (κ1) is 23.8. The fraction of sp³-hybridized carbons (Fsp3) is 0.692. The number of carbonyl (C=O) groups is 4. The molecule has 3 fully saturated rings. The summed E-state index contributed by atoms with van der Waals surface area (Å²) in [5, 5.41) is 9.49. The topological polar surface area (TPSA) is 97.7 Å². The van der Waals surface area contributed by atoms with Crippen LogP contribution in [0.1, 0.15) is 66.2 Å². The highest BCUT2D eigenvalue weighted by Crippen LogP contribution is 2.70. The predicted octanol–water partition coefficient (Wildman–Crippen LogP) is 4.22. The molecule has 0 spiro atoms. The standard InChI is InChI=1S/C26H33FO6/c1-5-6-20(29)33-19-13-24(3)18(11-14(2)21(24)22(30)23(31)32)17-8-7-15-12-16(28)9-10-25(15,4)26(17,19)27/h9-10,12,14,17-19,21H,5-8,11,13H2,1-4H3,(H,31,32)/t14?,17-,18-,19?,21+,24-,25-,26-/m0/s1. The van der Waals surface area contributed by atoms with Crippen LogP contribution >= 0.6 is 0 Å². The lowest BCUT2D eigenvalue weighted by molar-refractivity contribution is -0.214. The van der Waals surface area contributed by atoms with Crippen LogP contribution in [0.2, 0.25) is 0 Å². The van der Waals surface area contributed by atoms with E-state index in [1.165, 1.54) is 12.2 Å². The van der Waals surface area contributed by atoms with Gasteiger partial charge < -0.3 is 9.84 Å². The number of ether oxygens (including phenoxy) is 1. The number of rotatable bonds is 5. The molecule has 0 saturated heterocycles. The molecule has 33 heavy (non-hydrogen) atoms. The highest BCUT2D eigenvalue weighted by molar-refractivity contribution is 6.33. The first-order valence-electron chi connectivity index (χ1n) is 12.0. The molecule has 180 valence electrons. The molecule has 3 saturated carbocycles. The van der Waals surface area contributed by atoms with Crippen molar-refractivity contribution >= 4 is 23.5 Å². The molecule has 0 radical (unpaired) electrons. The van der Waals surface area contributed by atoms with Crippen LogP contribution in [-0.4, -0.2) is 40.4 Å². The maximum Gasteiger partial charge on any atom is 0.372 e. The molecule has 0 aromatic carbocycles. The molecule has 0 aliphatic heterocycles. The van der Waals surface area contributed by atoms with Gasteiger partial charge in [0, 0.05) is 23.7 Å². The van der Waals surface area contributed by atoms with Gasteiger partial charge in [-0.15, -0.1) is 0 Å². The van der Waals surface area contributed by atoms with Gasteiger partial charge in [0.1, 0.15) is 6.10 Å². The lowest BCUT2D eigenvalue weighted by Gasteiger charge is -2.62. The maximum atomic E-state index is 17.7. The maximum absolute atomic E-state index is 17.7. The van der Waals surface area contributed by atoms with E-state index in [-0.39, 0.29) is 30.5 Å². The van der Waals surface area contributed by atoms with Crippen LogP contribution in [0.5, 0.6) is 0 Å². The van der Waals surface area contributed by atoms with Gasteiger partial charge >= 0.3 is 11.9 Å². The number of carbonyl (C=O) groups excluding carboxylic acids is 3. The third kappa shape index (κ3) is 3.25. The first-order valence-corrected chi connectivity index (χ1v) is 12.0. The van der Waals surface area contributed by atoms with E-state index in [9.17, 15) is 24.3 Å². The van der Waals surface area contributed by atoms with Gasteiger partial charge in [-0.3, -0.25) is 14.4 Å². The Balaban J connectivity index is 1.84. The molecule has 7 heteroatoms. The fourth-order valence-corrected chi connectivity index (χ4v) is 7.78. The zero-order valence-electron chi connectivity index (χ0n) is 19.7. The smallest absolute Gasteiger partial charge is 0.372 e. The van der Waals surface area contributed by atoms with Crippen molar-refractivity contribution in [3.8, 4) is 0 Å². The van der Waals surface area contributed by atoms with Crippen molar-refractivity contribution in [1.29, 1.82) is 0 Å². The fourth-order valence-electron chi connectivity index (χ4n) is 7.78. The van der Waals surface area contributed by atoms with Crippen LogP contribution in [0.3, 0.4) is 0 Å². The molecule has 8 atom stereocenters. The Kier molecular flexibility index (Phi) is 5.69. The average Bonchev–Trinajstić information content (AvgIpc) is 2.99. The lowest BCUT2D eigenvalue weighted by Crippen LogP contribution is -2.67. The van der Waals surface area contributed by atoms with E-state index in [0.717, 1.165) is 0 Å². The second kappa shape index (κ2) is 7.88. The zero-order valence-corrected chi connectivity index (χ0v) is 19.7. The third-order valence-electron chi connectivity index (χ3n) is 9.18. The quantitative estimate of drug-likeness (QED) is 0.487. The van der Waals surface area contributed by atoms with E-state index in [4.69, 9.17) is 4.74 Å².